The van der Waals surface area contributed by atoms with Gasteiger partial charge in [-0.2, -0.15) is 0 Å². The maximum Gasteiger partial charge on any atom is 0.308 e. The molecule has 3 N–H and O–H groups in total. The summed E-state index contributed by atoms with van der Waals surface area (Å²) in [6, 6.07) is 0. The van der Waals surface area contributed by atoms with Gasteiger partial charge in [0.2, 0.25) is 0 Å². The molecule has 0 saturated carbocycles. The Bertz CT molecular complexity index is 201. The van der Waals surface area contributed by atoms with Gasteiger partial charge in [0.1, 0.15) is 0 Å². The third kappa shape index (κ3) is 5.53. The van der Waals surface area contributed by atoms with Crippen LogP contribution in [0.3, 0.4) is 0 Å². The largest absolute Gasteiger partial charge is 0.481 e. The third-order valence-corrected chi connectivity index (χ3v) is 2.14. The van der Waals surface area contributed by atoms with E-state index in [2.05, 4.69) is 5.32 Å². The van der Waals surface area contributed by atoms with E-state index < -0.39 is 11.9 Å². The van der Waals surface area contributed by atoms with Crippen molar-refractivity contribution in [2.45, 2.75) is 20.3 Å². The number of hydrogen-bond donors (Lipinski definition) is 3. The molecule has 0 aromatic rings. The van der Waals surface area contributed by atoms with Gasteiger partial charge in [0, 0.05) is 13.5 Å². The highest BCUT2D eigenvalue weighted by Gasteiger charge is 2.26. The molecular formula is C9H17NO4. The minimum atomic E-state index is -0.833. The second kappa shape index (κ2) is 6.37. The van der Waals surface area contributed by atoms with Gasteiger partial charge in [-0.3, -0.25) is 9.59 Å². The van der Waals surface area contributed by atoms with Crippen molar-refractivity contribution in [2.75, 3.05) is 13.1 Å². The normalized spacial score (nSPS) is 25.9. The van der Waals surface area contributed by atoms with Crippen molar-refractivity contribution in [3.05, 3.63) is 0 Å². The summed E-state index contributed by atoms with van der Waals surface area (Å²) in [6.45, 7) is 4.68. The van der Waals surface area contributed by atoms with Crippen LogP contribution in [0, 0.1) is 11.8 Å². The smallest absolute Gasteiger partial charge is 0.308 e. The topological polar surface area (TPSA) is 86.6 Å². The molecule has 0 aliphatic carbocycles. The lowest BCUT2D eigenvalue weighted by molar-refractivity contribution is -0.144. The van der Waals surface area contributed by atoms with Gasteiger partial charge in [0.05, 0.1) is 5.92 Å². The van der Waals surface area contributed by atoms with Crippen LogP contribution in [-0.2, 0) is 9.59 Å². The monoisotopic (exact) mass is 203 g/mol. The summed E-state index contributed by atoms with van der Waals surface area (Å²) in [4.78, 5) is 19.5. The van der Waals surface area contributed by atoms with Gasteiger partial charge in [-0.15, -0.1) is 0 Å². The lowest BCUT2D eigenvalue weighted by Crippen LogP contribution is -2.39. The maximum atomic E-state index is 10.5. The Kier molecular flexibility index (Phi) is 5.87. The van der Waals surface area contributed by atoms with Gasteiger partial charge in [0.25, 0.3) is 5.97 Å². The van der Waals surface area contributed by atoms with Crippen LogP contribution in [-0.4, -0.2) is 35.2 Å². The predicted octanol–water partition coefficient (Wildman–Crippen LogP) is 0.407. The number of aliphatic carboxylic acids is 2. The molecule has 14 heavy (non-hydrogen) atoms. The fraction of sp³-hybridized carbons (Fsp3) is 0.778. The van der Waals surface area contributed by atoms with Crippen LogP contribution in [0.15, 0.2) is 0 Å². The highest BCUT2D eigenvalue weighted by Crippen LogP contribution is 2.17. The van der Waals surface area contributed by atoms with E-state index in [1.54, 1.807) is 0 Å². The number of carboxylic acid groups (broad SMARTS) is 2. The molecule has 1 aliphatic rings. The van der Waals surface area contributed by atoms with E-state index in [0.717, 1.165) is 19.9 Å². The highest BCUT2D eigenvalue weighted by atomic mass is 16.4. The Balaban J connectivity index is 0.000000364. The Morgan fingerprint density at radius 1 is 1.36 bits per heavy atom. The summed E-state index contributed by atoms with van der Waals surface area (Å²) >= 11 is 0. The van der Waals surface area contributed by atoms with Gasteiger partial charge in [-0.05, 0) is 18.9 Å². The Labute approximate surface area is 83.1 Å². The summed E-state index contributed by atoms with van der Waals surface area (Å²) in [5, 5.41) is 19.2. The molecule has 1 aliphatic heterocycles. The summed E-state index contributed by atoms with van der Waals surface area (Å²) < 4.78 is 0. The molecule has 82 valence electrons. The second-order valence-corrected chi connectivity index (χ2v) is 3.43. The SMILES string of the molecule is CC(=O)O.CC1CCNCC1C(=O)O. The fourth-order valence-corrected chi connectivity index (χ4v) is 1.32. The lowest BCUT2D eigenvalue weighted by Gasteiger charge is -2.25. The first kappa shape index (κ1) is 12.9. The van der Waals surface area contributed by atoms with Crippen LogP contribution in [0.2, 0.25) is 0 Å². The van der Waals surface area contributed by atoms with Crippen molar-refractivity contribution >= 4 is 11.9 Å². The van der Waals surface area contributed by atoms with Gasteiger partial charge in [-0.25, -0.2) is 0 Å². The molecule has 1 rings (SSSR count). The molecule has 0 radical (unpaired) electrons. The van der Waals surface area contributed by atoms with Crippen molar-refractivity contribution in [1.29, 1.82) is 0 Å². The van der Waals surface area contributed by atoms with Crippen LogP contribution >= 0.6 is 0 Å². The molecule has 0 aromatic carbocycles. The zero-order chi connectivity index (χ0) is 11.1. The molecule has 1 saturated heterocycles. The van der Waals surface area contributed by atoms with E-state index in [9.17, 15) is 4.79 Å². The first-order chi connectivity index (χ1) is 6.45. The number of carboxylic acids is 2. The molecule has 0 amide bonds. The van der Waals surface area contributed by atoms with E-state index in [0.29, 0.717) is 12.5 Å². The van der Waals surface area contributed by atoms with Crippen LogP contribution in [0.1, 0.15) is 20.3 Å². The summed E-state index contributed by atoms with van der Waals surface area (Å²) in [6.07, 6.45) is 0.983. The predicted molar refractivity (Wildman–Crippen MR) is 51.1 cm³/mol. The van der Waals surface area contributed by atoms with E-state index in [4.69, 9.17) is 15.0 Å². The van der Waals surface area contributed by atoms with Gasteiger partial charge in [0.15, 0.2) is 0 Å². The van der Waals surface area contributed by atoms with E-state index in [1.807, 2.05) is 6.92 Å². The van der Waals surface area contributed by atoms with Crippen molar-refractivity contribution in [2.24, 2.45) is 11.8 Å². The van der Waals surface area contributed by atoms with E-state index >= 15 is 0 Å². The lowest BCUT2D eigenvalue weighted by atomic mass is 9.88. The van der Waals surface area contributed by atoms with Crippen molar-refractivity contribution in [3.8, 4) is 0 Å². The standard InChI is InChI=1S/C7H13NO2.C2H4O2/c1-5-2-3-8-4-6(5)7(9)10;1-2(3)4/h5-6,8H,2-4H2,1H3,(H,9,10);1H3,(H,3,4). The average molecular weight is 203 g/mol. The van der Waals surface area contributed by atoms with Crippen LogP contribution < -0.4 is 5.32 Å². The van der Waals surface area contributed by atoms with Crippen LogP contribution in [0.5, 0.6) is 0 Å². The Morgan fingerprint density at radius 2 is 1.86 bits per heavy atom. The van der Waals surface area contributed by atoms with Crippen LogP contribution in [0.25, 0.3) is 0 Å². The molecule has 5 heteroatoms. The number of piperidine rings is 1. The fourth-order valence-electron chi connectivity index (χ4n) is 1.32. The highest BCUT2D eigenvalue weighted by molar-refractivity contribution is 5.70. The molecule has 5 nitrogen and oxygen atoms in total. The summed E-state index contributed by atoms with van der Waals surface area (Å²) in [5.41, 5.74) is 0. The number of rotatable bonds is 1. The second-order valence-electron chi connectivity index (χ2n) is 3.43. The quantitative estimate of drug-likeness (QED) is 0.574. The van der Waals surface area contributed by atoms with Gasteiger partial charge < -0.3 is 15.5 Å². The maximum absolute atomic E-state index is 10.5. The number of carbonyl (C=O) groups is 2. The Morgan fingerprint density at radius 3 is 2.14 bits per heavy atom. The number of nitrogens with one attached hydrogen (secondary N) is 1. The van der Waals surface area contributed by atoms with Crippen molar-refractivity contribution in [3.63, 3.8) is 0 Å². The van der Waals surface area contributed by atoms with Crippen molar-refractivity contribution < 1.29 is 19.8 Å². The van der Waals surface area contributed by atoms with E-state index in [1.165, 1.54) is 0 Å². The molecule has 1 heterocycles. The molecule has 2 unspecified atom stereocenters. The van der Waals surface area contributed by atoms with E-state index in [-0.39, 0.29) is 5.92 Å². The van der Waals surface area contributed by atoms with Crippen LogP contribution in [0.4, 0.5) is 0 Å². The molecule has 0 spiro atoms. The van der Waals surface area contributed by atoms with Crippen molar-refractivity contribution in [1.82, 2.24) is 5.32 Å². The molecular weight excluding hydrogens is 186 g/mol. The average Bonchev–Trinajstić information content (AvgIpc) is 2.03. The zero-order valence-electron chi connectivity index (χ0n) is 8.49. The Hall–Kier alpha value is -1.10. The molecule has 2 atom stereocenters. The summed E-state index contributed by atoms with van der Waals surface area (Å²) in [5.74, 6) is -1.34. The molecule has 0 aromatic heterocycles. The minimum absolute atomic E-state index is 0.172. The van der Waals surface area contributed by atoms with Gasteiger partial charge >= 0.3 is 5.97 Å². The van der Waals surface area contributed by atoms with Gasteiger partial charge in [-0.1, -0.05) is 6.92 Å². The first-order valence-corrected chi connectivity index (χ1v) is 4.58. The third-order valence-electron chi connectivity index (χ3n) is 2.14. The minimum Gasteiger partial charge on any atom is -0.481 e. The summed E-state index contributed by atoms with van der Waals surface area (Å²) in [7, 11) is 0. The molecule has 1 fully saturated rings. The zero-order valence-corrected chi connectivity index (χ0v) is 8.49. The number of hydrogen-bond acceptors (Lipinski definition) is 3. The first-order valence-electron chi connectivity index (χ1n) is 4.58. The molecule has 0 bridgehead atoms.